The Kier molecular flexibility index (Phi) is 2.35. The number of hydrogen-bond acceptors (Lipinski definition) is 2. The van der Waals surface area contributed by atoms with Gasteiger partial charge in [0.15, 0.2) is 4.98 Å². The van der Waals surface area contributed by atoms with E-state index in [1.807, 2.05) is 0 Å². The van der Waals surface area contributed by atoms with Crippen LogP contribution in [0.4, 0.5) is 18.9 Å². The van der Waals surface area contributed by atoms with Gasteiger partial charge in [0.2, 0.25) is 11.0 Å². The molecule has 0 saturated carbocycles. The van der Waals surface area contributed by atoms with Crippen molar-refractivity contribution in [2.75, 3.05) is 0 Å². The van der Waals surface area contributed by atoms with Crippen LogP contribution in [0.3, 0.4) is 0 Å². The first-order chi connectivity index (χ1) is 7.91. The van der Waals surface area contributed by atoms with Gasteiger partial charge >= 0.3 is 11.9 Å². The molecule has 4 nitrogen and oxygen atoms in total. The van der Waals surface area contributed by atoms with E-state index >= 15 is 0 Å². The quantitative estimate of drug-likeness (QED) is 0.719. The maximum atomic E-state index is 12.7. The van der Waals surface area contributed by atoms with Crippen molar-refractivity contribution in [3.8, 4) is 0 Å². The molecule has 0 aliphatic rings. The molecule has 7 heteroatoms. The predicted molar refractivity (Wildman–Crippen MR) is 54.3 cm³/mol. The minimum atomic E-state index is -4.64. The smallest absolute Gasteiger partial charge is 0.322 e. The molecule has 2 aromatic rings. The first-order valence-corrected chi connectivity index (χ1v) is 4.51. The number of rotatable bonds is 0. The number of diazo groups is 1. The number of halogens is 3. The van der Waals surface area contributed by atoms with Gasteiger partial charge in [-0.3, -0.25) is 4.79 Å². The fraction of sp³-hybridized carbons (Fsp3) is 0.100. The molecule has 0 bridgehead atoms. The number of benzene rings is 1. The van der Waals surface area contributed by atoms with Crippen LogP contribution >= 0.6 is 0 Å². The molecule has 2 rings (SSSR count). The molecule has 17 heavy (non-hydrogen) atoms. The van der Waals surface area contributed by atoms with Crippen molar-refractivity contribution in [1.82, 2.24) is 4.98 Å². The summed E-state index contributed by atoms with van der Waals surface area (Å²) in [6.07, 6.45) is -4.64. The molecule has 0 atom stereocenters. The number of nitrogens with one attached hydrogen (secondary N) is 1. The van der Waals surface area contributed by atoms with E-state index in [-0.39, 0.29) is 16.6 Å². The normalized spacial score (nSPS) is 11.4. The highest BCUT2D eigenvalue weighted by molar-refractivity contribution is 5.85. The maximum Gasteiger partial charge on any atom is 0.417 e. The molecule has 0 amide bonds. The number of H-pyrrole nitrogens is 1. The summed E-state index contributed by atoms with van der Waals surface area (Å²) in [5.41, 5.74) is -1.87. The summed E-state index contributed by atoms with van der Waals surface area (Å²) < 4.78 is 38.1. The van der Waals surface area contributed by atoms with Crippen LogP contribution in [0.2, 0.25) is 0 Å². The van der Waals surface area contributed by atoms with Crippen LogP contribution in [0.25, 0.3) is 15.9 Å². The Labute approximate surface area is 92.3 Å². The molecular formula is C10H5F3N3O+. The van der Waals surface area contributed by atoms with E-state index in [9.17, 15) is 18.0 Å². The molecule has 0 saturated heterocycles. The summed E-state index contributed by atoms with van der Waals surface area (Å²) in [7, 11) is 0. The monoisotopic (exact) mass is 240 g/mol. The van der Waals surface area contributed by atoms with E-state index in [0.29, 0.717) is 6.07 Å². The van der Waals surface area contributed by atoms with Crippen molar-refractivity contribution in [3.63, 3.8) is 0 Å². The topological polar surface area (TPSA) is 61.0 Å². The van der Waals surface area contributed by atoms with Crippen LogP contribution < -0.4 is 5.56 Å². The molecule has 1 aromatic heterocycles. The third kappa shape index (κ3) is 1.97. The molecule has 0 unspecified atom stereocenters. The van der Waals surface area contributed by atoms with Crippen LogP contribution in [-0.2, 0) is 6.18 Å². The Morgan fingerprint density at radius 2 is 1.94 bits per heavy atom. The number of pyridine rings is 1. The van der Waals surface area contributed by atoms with Gasteiger partial charge in [-0.15, -0.1) is 0 Å². The standard InChI is InChI=1S/C10H4F3N3O/c11-10(12,13)7-4-9(17)15-8-2-1-5(16-14)3-6(7)8/h1-4H/p+1. The first-order valence-electron chi connectivity index (χ1n) is 4.51. The Morgan fingerprint density at radius 1 is 1.24 bits per heavy atom. The third-order valence-electron chi connectivity index (χ3n) is 2.25. The highest BCUT2D eigenvalue weighted by Gasteiger charge is 2.33. The summed E-state index contributed by atoms with van der Waals surface area (Å²) >= 11 is 0. The molecular weight excluding hydrogens is 235 g/mol. The Hall–Kier alpha value is -2.36. The van der Waals surface area contributed by atoms with Crippen molar-refractivity contribution in [1.29, 1.82) is 5.39 Å². The van der Waals surface area contributed by atoms with Gasteiger partial charge in [0.05, 0.1) is 5.56 Å². The fourth-order valence-electron chi connectivity index (χ4n) is 1.54. The minimum Gasteiger partial charge on any atom is -0.322 e. The number of fused-ring (bicyclic) bond motifs is 1. The highest BCUT2D eigenvalue weighted by atomic mass is 19.4. The largest absolute Gasteiger partial charge is 0.417 e. The zero-order valence-corrected chi connectivity index (χ0v) is 8.25. The average molecular weight is 240 g/mol. The second kappa shape index (κ2) is 3.59. The summed E-state index contributed by atoms with van der Waals surface area (Å²) in [4.78, 5) is 16.2. The molecule has 0 aliphatic carbocycles. The van der Waals surface area contributed by atoms with Gasteiger partial charge in [-0.1, -0.05) is 0 Å². The molecule has 1 heterocycles. The van der Waals surface area contributed by atoms with Gasteiger partial charge in [0.25, 0.3) is 0 Å². The summed E-state index contributed by atoms with van der Waals surface area (Å²) in [5.74, 6) is 0. The van der Waals surface area contributed by atoms with Crippen molar-refractivity contribution < 1.29 is 13.2 Å². The van der Waals surface area contributed by atoms with Gasteiger partial charge in [0, 0.05) is 29.1 Å². The lowest BCUT2D eigenvalue weighted by Crippen LogP contribution is -2.13. The van der Waals surface area contributed by atoms with E-state index < -0.39 is 17.3 Å². The van der Waals surface area contributed by atoms with E-state index in [0.717, 1.165) is 6.07 Å². The van der Waals surface area contributed by atoms with Crippen molar-refractivity contribution >= 4 is 16.6 Å². The zero-order valence-electron chi connectivity index (χ0n) is 8.25. The second-order valence-corrected chi connectivity index (χ2v) is 3.37. The molecule has 0 fully saturated rings. The lowest BCUT2D eigenvalue weighted by Gasteiger charge is -2.08. The van der Waals surface area contributed by atoms with Crippen LogP contribution in [0, 0.1) is 5.39 Å². The molecule has 0 aliphatic heterocycles. The van der Waals surface area contributed by atoms with Crippen LogP contribution in [0.1, 0.15) is 5.56 Å². The molecule has 86 valence electrons. The van der Waals surface area contributed by atoms with Gasteiger partial charge in [-0.2, -0.15) is 13.2 Å². The number of alkyl halides is 3. The van der Waals surface area contributed by atoms with Gasteiger partial charge in [0.1, 0.15) is 0 Å². The predicted octanol–water partition coefficient (Wildman–Crippen LogP) is 3.03. The lowest BCUT2D eigenvalue weighted by atomic mass is 10.1. The lowest BCUT2D eigenvalue weighted by molar-refractivity contribution is -0.136. The van der Waals surface area contributed by atoms with E-state index in [1.165, 1.54) is 12.1 Å². The van der Waals surface area contributed by atoms with Crippen LogP contribution in [-0.4, -0.2) is 4.98 Å². The van der Waals surface area contributed by atoms with Crippen molar-refractivity contribution in [2.24, 2.45) is 0 Å². The second-order valence-electron chi connectivity index (χ2n) is 3.37. The Bertz CT molecular complexity index is 682. The van der Waals surface area contributed by atoms with Gasteiger partial charge < -0.3 is 4.98 Å². The summed E-state index contributed by atoms with van der Waals surface area (Å²) in [5, 5.41) is 8.30. The molecule has 0 spiro atoms. The first kappa shape index (κ1) is 11.1. The van der Waals surface area contributed by atoms with Crippen LogP contribution in [0.15, 0.2) is 29.1 Å². The molecule has 1 aromatic carbocycles. The van der Waals surface area contributed by atoms with E-state index in [4.69, 9.17) is 5.39 Å². The zero-order chi connectivity index (χ0) is 12.6. The SMILES string of the molecule is N#[N+]c1ccc2[nH]c(=O)cc(C(F)(F)F)c2c1. The Morgan fingerprint density at radius 3 is 2.53 bits per heavy atom. The van der Waals surface area contributed by atoms with Gasteiger partial charge in [-0.05, 0) is 6.07 Å². The van der Waals surface area contributed by atoms with Crippen molar-refractivity contribution in [3.05, 3.63) is 45.2 Å². The molecule has 0 radical (unpaired) electrons. The number of nitrogens with zero attached hydrogens (tertiary/aromatic N) is 2. The summed E-state index contributed by atoms with van der Waals surface area (Å²) in [6.45, 7) is 0. The summed E-state index contributed by atoms with van der Waals surface area (Å²) in [6, 6.07) is 4.07. The van der Waals surface area contributed by atoms with Gasteiger partial charge in [-0.25, -0.2) is 0 Å². The maximum absolute atomic E-state index is 12.7. The van der Waals surface area contributed by atoms with E-state index in [1.54, 1.807) is 0 Å². The highest BCUT2D eigenvalue weighted by Crippen LogP contribution is 2.34. The Balaban J connectivity index is 2.91. The fourth-order valence-corrected chi connectivity index (χ4v) is 1.54. The number of aromatic amines is 1. The average Bonchev–Trinajstić information content (AvgIpc) is 2.26. The van der Waals surface area contributed by atoms with Crippen molar-refractivity contribution in [2.45, 2.75) is 6.18 Å². The van der Waals surface area contributed by atoms with E-state index in [2.05, 4.69) is 9.96 Å². The number of hydrogen-bond donors (Lipinski definition) is 1. The molecule has 1 N–H and O–H groups in total. The minimum absolute atomic E-state index is 0.0185. The van der Waals surface area contributed by atoms with Crippen LogP contribution in [0.5, 0.6) is 0 Å². The number of aromatic nitrogens is 1. The third-order valence-corrected chi connectivity index (χ3v) is 2.25.